The minimum Gasteiger partial charge on any atom is -0.379 e. The van der Waals surface area contributed by atoms with Crippen molar-refractivity contribution < 1.29 is 4.74 Å². The molecule has 1 unspecified atom stereocenters. The smallest absolute Gasteiger partial charge is 0.0547 e. The third-order valence-corrected chi connectivity index (χ3v) is 2.87. The monoisotopic (exact) mass is 220 g/mol. The zero-order valence-corrected chi connectivity index (χ0v) is 10.8. The van der Waals surface area contributed by atoms with Crippen molar-refractivity contribution in [2.45, 2.75) is 52.1 Å². The average Bonchev–Trinajstić information content (AvgIpc) is 2.32. The van der Waals surface area contributed by atoms with Crippen LogP contribution >= 0.6 is 0 Å². The highest BCUT2D eigenvalue weighted by molar-refractivity contribution is 5.17. The number of ether oxygens (including phenoxy) is 1. The van der Waals surface area contributed by atoms with Crippen molar-refractivity contribution in [2.75, 3.05) is 6.61 Å². The van der Waals surface area contributed by atoms with E-state index in [1.54, 1.807) is 0 Å². The van der Waals surface area contributed by atoms with Crippen LogP contribution in [0.5, 0.6) is 0 Å². The fourth-order valence-electron chi connectivity index (χ4n) is 1.74. The molecule has 1 heterocycles. The lowest BCUT2D eigenvalue weighted by Crippen LogP contribution is -2.14. The van der Waals surface area contributed by atoms with Crippen molar-refractivity contribution >= 4 is 0 Å². The van der Waals surface area contributed by atoms with Gasteiger partial charge in [-0.1, -0.05) is 44.2 Å². The third-order valence-electron chi connectivity index (χ3n) is 2.87. The lowest BCUT2D eigenvalue weighted by atomic mass is 10.0. The molecule has 1 fully saturated rings. The molecule has 2 rings (SSSR count). The van der Waals surface area contributed by atoms with Gasteiger partial charge >= 0.3 is 0 Å². The van der Waals surface area contributed by atoms with Crippen molar-refractivity contribution in [1.82, 2.24) is 0 Å². The van der Waals surface area contributed by atoms with E-state index in [2.05, 4.69) is 45.0 Å². The maximum atomic E-state index is 5.28. The summed E-state index contributed by atoms with van der Waals surface area (Å²) >= 11 is 0. The van der Waals surface area contributed by atoms with E-state index in [0.717, 1.165) is 6.61 Å². The summed E-state index contributed by atoms with van der Waals surface area (Å²) in [6.45, 7) is 7.53. The third kappa shape index (κ3) is 5.32. The number of hydrogen-bond donors (Lipinski definition) is 0. The highest BCUT2D eigenvalue weighted by Gasteiger charge is 2.05. The van der Waals surface area contributed by atoms with Crippen LogP contribution in [0.25, 0.3) is 0 Å². The molecular formula is C15H24O. The molecule has 1 heteroatoms. The van der Waals surface area contributed by atoms with E-state index in [1.165, 1.54) is 24.8 Å². The summed E-state index contributed by atoms with van der Waals surface area (Å²) < 4.78 is 5.28. The fraction of sp³-hybridized carbons (Fsp3) is 0.600. The molecule has 0 saturated carbocycles. The second-order valence-electron chi connectivity index (χ2n) is 4.74. The molecule has 1 aromatic carbocycles. The lowest BCUT2D eigenvalue weighted by Gasteiger charge is -2.17. The predicted octanol–water partition coefficient (Wildman–Crippen LogP) is 4.39. The Labute approximate surface area is 99.8 Å². The summed E-state index contributed by atoms with van der Waals surface area (Å²) in [5, 5.41) is 0. The first kappa shape index (κ1) is 13.2. The second-order valence-corrected chi connectivity index (χ2v) is 4.74. The molecule has 1 nitrogen and oxygen atoms in total. The van der Waals surface area contributed by atoms with Gasteiger partial charge in [-0.15, -0.1) is 0 Å². The molecule has 1 atom stereocenters. The maximum absolute atomic E-state index is 5.28. The fourth-order valence-corrected chi connectivity index (χ4v) is 1.74. The molecule has 0 bridgehead atoms. The molecule has 0 N–H and O–H groups in total. The van der Waals surface area contributed by atoms with E-state index in [4.69, 9.17) is 4.74 Å². The van der Waals surface area contributed by atoms with Crippen LogP contribution in [0.4, 0.5) is 0 Å². The highest BCUT2D eigenvalue weighted by Crippen LogP contribution is 2.11. The first-order valence-electron chi connectivity index (χ1n) is 6.36. The van der Waals surface area contributed by atoms with Crippen molar-refractivity contribution in [2.24, 2.45) is 0 Å². The Morgan fingerprint density at radius 2 is 1.81 bits per heavy atom. The SMILES string of the molecule is CC(C)c1ccccc1.CC1CCCCO1. The van der Waals surface area contributed by atoms with E-state index in [-0.39, 0.29) is 0 Å². The van der Waals surface area contributed by atoms with E-state index >= 15 is 0 Å². The standard InChI is InChI=1S/C9H12.C6H12O/c1-8(2)9-6-4-3-5-7-9;1-6-4-2-3-5-7-6/h3-8H,1-2H3;6H,2-5H2,1H3. The minimum atomic E-state index is 0.536. The van der Waals surface area contributed by atoms with Gasteiger partial charge in [-0.3, -0.25) is 0 Å². The molecule has 0 radical (unpaired) electrons. The Hall–Kier alpha value is -0.820. The molecule has 1 aliphatic rings. The van der Waals surface area contributed by atoms with Gasteiger partial charge in [-0.05, 0) is 37.7 Å². The van der Waals surface area contributed by atoms with Gasteiger partial charge in [0.05, 0.1) is 6.10 Å². The first-order valence-corrected chi connectivity index (χ1v) is 6.36. The summed E-state index contributed by atoms with van der Waals surface area (Å²) in [4.78, 5) is 0. The quantitative estimate of drug-likeness (QED) is 0.682. The van der Waals surface area contributed by atoms with Crippen LogP contribution in [-0.4, -0.2) is 12.7 Å². The lowest BCUT2D eigenvalue weighted by molar-refractivity contribution is 0.0285. The van der Waals surface area contributed by atoms with Crippen LogP contribution in [0.1, 0.15) is 51.5 Å². The minimum absolute atomic E-state index is 0.536. The Bertz CT molecular complexity index is 260. The molecule has 1 aliphatic heterocycles. The maximum Gasteiger partial charge on any atom is 0.0547 e. The zero-order valence-electron chi connectivity index (χ0n) is 10.8. The van der Waals surface area contributed by atoms with Crippen LogP contribution in [0.2, 0.25) is 0 Å². The van der Waals surface area contributed by atoms with E-state index in [1.807, 2.05) is 6.07 Å². The Kier molecular flexibility index (Phi) is 6.17. The summed E-state index contributed by atoms with van der Waals surface area (Å²) in [7, 11) is 0. The summed E-state index contributed by atoms with van der Waals surface area (Å²) in [5.74, 6) is 0.659. The largest absolute Gasteiger partial charge is 0.379 e. The van der Waals surface area contributed by atoms with Crippen molar-refractivity contribution in [1.29, 1.82) is 0 Å². The van der Waals surface area contributed by atoms with Gasteiger partial charge in [-0.2, -0.15) is 0 Å². The van der Waals surface area contributed by atoms with Crippen molar-refractivity contribution in [3.8, 4) is 0 Å². The topological polar surface area (TPSA) is 9.23 Å². The van der Waals surface area contributed by atoms with Gasteiger partial charge in [-0.25, -0.2) is 0 Å². The summed E-state index contributed by atoms with van der Waals surface area (Å²) in [6.07, 6.45) is 4.43. The summed E-state index contributed by atoms with van der Waals surface area (Å²) in [6, 6.07) is 10.5. The van der Waals surface area contributed by atoms with Gasteiger partial charge in [0.1, 0.15) is 0 Å². The molecule has 0 aliphatic carbocycles. The van der Waals surface area contributed by atoms with Gasteiger partial charge in [0.15, 0.2) is 0 Å². The van der Waals surface area contributed by atoms with Gasteiger partial charge in [0.25, 0.3) is 0 Å². The molecule has 90 valence electrons. The number of hydrogen-bond acceptors (Lipinski definition) is 1. The normalized spacial score (nSPS) is 20.1. The molecule has 16 heavy (non-hydrogen) atoms. The van der Waals surface area contributed by atoms with E-state index in [0.29, 0.717) is 12.0 Å². The Morgan fingerprint density at radius 1 is 1.12 bits per heavy atom. The van der Waals surface area contributed by atoms with Gasteiger partial charge < -0.3 is 4.74 Å². The molecule has 1 aromatic rings. The van der Waals surface area contributed by atoms with Gasteiger partial charge in [0, 0.05) is 6.61 Å². The molecule has 1 saturated heterocycles. The first-order chi connectivity index (χ1) is 7.70. The Balaban J connectivity index is 0.000000165. The van der Waals surface area contributed by atoms with Gasteiger partial charge in [0.2, 0.25) is 0 Å². The van der Waals surface area contributed by atoms with Crippen molar-refractivity contribution in [3.05, 3.63) is 35.9 Å². The Morgan fingerprint density at radius 3 is 2.12 bits per heavy atom. The van der Waals surface area contributed by atoms with E-state index < -0.39 is 0 Å². The zero-order chi connectivity index (χ0) is 11.8. The molecule has 0 spiro atoms. The van der Waals surface area contributed by atoms with E-state index in [9.17, 15) is 0 Å². The van der Waals surface area contributed by atoms with Crippen LogP contribution in [-0.2, 0) is 4.74 Å². The van der Waals surface area contributed by atoms with Crippen LogP contribution in [0.15, 0.2) is 30.3 Å². The number of rotatable bonds is 1. The van der Waals surface area contributed by atoms with Crippen LogP contribution in [0, 0.1) is 0 Å². The molecular weight excluding hydrogens is 196 g/mol. The van der Waals surface area contributed by atoms with Crippen LogP contribution in [0.3, 0.4) is 0 Å². The summed E-state index contributed by atoms with van der Waals surface area (Å²) in [5.41, 5.74) is 1.41. The second kappa shape index (κ2) is 7.45. The average molecular weight is 220 g/mol. The number of benzene rings is 1. The predicted molar refractivity (Wildman–Crippen MR) is 69.8 cm³/mol. The molecule has 0 amide bonds. The highest BCUT2D eigenvalue weighted by atomic mass is 16.5. The van der Waals surface area contributed by atoms with Crippen LogP contribution < -0.4 is 0 Å². The molecule has 0 aromatic heterocycles. The van der Waals surface area contributed by atoms with Crippen molar-refractivity contribution in [3.63, 3.8) is 0 Å².